The van der Waals surface area contributed by atoms with E-state index in [1.165, 1.54) is 11.4 Å². The van der Waals surface area contributed by atoms with Crippen molar-refractivity contribution in [3.8, 4) is 0 Å². The molecule has 0 radical (unpaired) electrons. The number of thiocarbonyl (C=S) groups is 1. The Morgan fingerprint density at radius 2 is 2.13 bits per heavy atom. The molecule has 0 aromatic carbocycles. The van der Waals surface area contributed by atoms with Crippen LogP contribution in [0, 0.1) is 6.92 Å². The fraction of sp³-hybridized carbons (Fsp3) is 0.412. The molecule has 0 unspecified atom stereocenters. The second-order valence-corrected chi connectivity index (χ2v) is 6.24. The molecule has 2 aromatic heterocycles. The quantitative estimate of drug-likeness (QED) is 0.822. The van der Waals surface area contributed by atoms with Gasteiger partial charge in [-0.15, -0.1) is 0 Å². The first kappa shape index (κ1) is 16.0. The van der Waals surface area contributed by atoms with E-state index < -0.39 is 0 Å². The van der Waals surface area contributed by atoms with E-state index in [1.807, 2.05) is 24.4 Å². The monoisotopic (exact) mass is 330 g/mol. The number of nitrogens with one attached hydrogen (secondary N) is 1. The van der Waals surface area contributed by atoms with Gasteiger partial charge in [0.1, 0.15) is 0 Å². The molecule has 0 spiro atoms. The zero-order valence-electron chi connectivity index (χ0n) is 13.4. The van der Waals surface area contributed by atoms with E-state index in [0.29, 0.717) is 6.42 Å². The molecule has 0 saturated carbocycles. The van der Waals surface area contributed by atoms with E-state index in [1.54, 1.807) is 0 Å². The Kier molecular flexibility index (Phi) is 4.63. The minimum absolute atomic E-state index is 0.00962. The predicted octanol–water partition coefficient (Wildman–Crippen LogP) is 2.08. The van der Waals surface area contributed by atoms with Crippen molar-refractivity contribution >= 4 is 17.3 Å². The lowest BCUT2D eigenvalue weighted by Crippen LogP contribution is -2.31. The molecule has 5 nitrogen and oxygen atoms in total. The number of aliphatic hydroxyl groups is 1. The highest BCUT2D eigenvalue weighted by atomic mass is 32.1. The van der Waals surface area contributed by atoms with Gasteiger partial charge in [0.15, 0.2) is 5.11 Å². The summed E-state index contributed by atoms with van der Waals surface area (Å²) in [4.78, 5) is 6.68. The van der Waals surface area contributed by atoms with Crippen molar-refractivity contribution in [3.05, 3.63) is 53.6 Å². The molecule has 1 aliphatic heterocycles. The van der Waals surface area contributed by atoms with Crippen LogP contribution in [0.4, 0.5) is 0 Å². The summed E-state index contributed by atoms with van der Waals surface area (Å²) in [5, 5.41) is 13.3. The van der Waals surface area contributed by atoms with Crippen LogP contribution in [-0.4, -0.2) is 37.8 Å². The van der Waals surface area contributed by atoms with Crippen LogP contribution in [0.15, 0.2) is 36.5 Å². The van der Waals surface area contributed by atoms with Crippen molar-refractivity contribution in [3.63, 3.8) is 0 Å². The third-order valence-electron chi connectivity index (χ3n) is 4.47. The van der Waals surface area contributed by atoms with E-state index in [4.69, 9.17) is 12.2 Å². The zero-order chi connectivity index (χ0) is 16.4. The van der Waals surface area contributed by atoms with E-state index in [2.05, 4.69) is 45.9 Å². The van der Waals surface area contributed by atoms with Crippen molar-refractivity contribution in [1.29, 1.82) is 0 Å². The van der Waals surface area contributed by atoms with Crippen molar-refractivity contribution in [2.24, 2.45) is 7.05 Å². The molecule has 1 aliphatic rings. The number of rotatable bonds is 5. The normalized spacial score (nSPS) is 20.8. The highest BCUT2D eigenvalue weighted by molar-refractivity contribution is 7.80. The average Bonchev–Trinajstić information content (AvgIpc) is 3.06. The summed E-state index contributed by atoms with van der Waals surface area (Å²) in [5.41, 5.74) is 3.38. The maximum atomic E-state index is 9.20. The lowest BCUT2D eigenvalue weighted by molar-refractivity contribution is 0.244. The van der Waals surface area contributed by atoms with Crippen LogP contribution >= 0.6 is 12.2 Å². The number of aromatic nitrogens is 2. The maximum Gasteiger partial charge on any atom is 0.170 e. The van der Waals surface area contributed by atoms with Gasteiger partial charge in [0.25, 0.3) is 0 Å². The van der Waals surface area contributed by atoms with Gasteiger partial charge in [-0.2, -0.15) is 0 Å². The molecule has 2 atom stereocenters. The van der Waals surface area contributed by atoms with Crippen LogP contribution in [0.5, 0.6) is 0 Å². The fourth-order valence-corrected chi connectivity index (χ4v) is 3.47. The Morgan fingerprint density at radius 3 is 2.74 bits per heavy atom. The molecule has 1 fully saturated rings. The largest absolute Gasteiger partial charge is 0.396 e. The minimum atomic E-state index is 0.00962. The summed E-state index contributed by atoms with van der Waals surface area (Å²) in [7, 11) is 2.08. The molecule has 23 heavy (non-hydrogen) atoms. The summed E-state index contributed by atoms with van der Waals surface area (Å²) in [6.07, 6.45) is 2.50. The lowest BCUT2D eigenvalue weighted by Gasteiger charge is -2.28. The molecule has 122 valence electrons. The molecule has 2 aromatic rings. The van der Waals surface area contributed by atoms with E-state index >= 15 is 0 Å². The molecule has 3 heterocycles. The summed E-state index contributed by atoms with van der Waals surface area (Å²) in [6.45, 7) is 2.98. The van der Waals surface area contributed by atoms with Crippen LogP contribution in [-0.2, 0) is 7.05 Å². The Balaban J connectivity index is 2.01. The summed E-state index contributed by atoms with van der Waals surface area (Å²) in [5.74, 6) is 0. The molecule has 1 saturated heterocycles. The first-order valence-electron chi connectivity index (χ1n) is 7.84. The lowest BCUT2D eigenvalue weighted by atomic mass is 10.0. The smallest absolute Gasteiger partial charge is 0.170 e. The highest BCUT2D eigenvalue weighted by Crippen LogP contribution is 2.38. The first-order valence-corrected chi connectivity index (χ1v) is 8.25. The number of aliphatic hydroxyl groups excluding tert-OH is 1. The van der Waals surface area contributed by atoms with Gasteiger partial charge >= 0.3 is 0 Å². The van der Waals surface area contributed by atoms with Crippen LogP contribution in [0.25, 0.3) is 0 Å². The third-order valence-corrected chi connectivity index (χ3v) is 4.82. The van der Waals surface area contributed by atoms with Gasteiger partial charge in [0, 0.05) is 37.8 Å². The summed E-state index contributed by atoms with van der Waals surface area (Å²) < 4.78 is 2.20. The minimum Gasteiger partial charge on any atom is -0.396 e. The second kappa shape index (κ2) is 6.68. The maximum absolute atomic E-state index is 9.20. The molecule has 0 bridgehead atoms. The van der Waals surface area contributed by atoms with Gasteiger partial charge in [0.05, 0.1) is 17.8 Å². The molecule has 2 N–H and O–H groups in total. The van der Waals surface area contributed by atoms with E-state index in [0.717, 1.165) is 17.4 Å². The van der Waals surface area contributed by atoms with Gasteiger partial charge in [-0.25, -0.2) is 0 Å². The number of nitrogens with zero attached hydrogens (tertiary/aromatic N) is 3. The van der Waals surface area contributed by atoms with Crippen molar-refractivity contribution in [1.82, 2.24) is 19.8 Å². The number of aryl methyl sites for hydroxylation is 1. The Morgan fingerprint density at radius 1 is 1.30 bits per heavy atom. The molecule has 0 amide bonds. The van der Waals surface area contributed by atoms with Crippen LogP contribution < -0.4 is 5.32 Å². The standard InChI is InChI=1S/C17H22N4OS/c1-12-7-8-14(20(12)2)16-15(13-6-3-4-9-18-13)19-17(23)21(16)10-5-11-22/h3-4,6-9,15-16,22H,5,10-11H2,1-2H3,(H,19,23)/t15-,16-/m1/s1. The van der Waals surface area contributed by atoms with E-state index in [-0.39, 0.29) is 18.7 Å². The fourth-order valence-electron chi connectivity index (χ4n) is 3.14. The van der Waals surface area contributed by atoms with Crippen molar-refractivity contribution in [2.45, 2.75) is 25.4 Å². The molecule has 3 rings (SSSR count). The van der Waals surface area contributed by atoms with Crippen LogP contribution in [0.3, 0.4) is 0 Å². The Hall–Kier alpha value is -1.92. The number of pyridine rings is 1. The van der Waals surface area contributed by atoms with Gasteiger partial charge in [-0.05, 0) is 49.8 Å². The molecule has 0 aliphatic carbocycles. The zero-order valence-corrected chi connectivity index (χ0v) is 14.3. The SMILES string of the molecule is Cc1ccc([C@@H]2[C@@H](c3ccccn3)NC(=S)N2CCCO)n1C. The highest BCUT2D eigenvalue weighted by Gasteiger charge is 2.40. The van der Waals surface area contributed by atoms with Gasteiger partial charge < -0.3 is 19.9 Å². The third kappa shape index (κ3) is 2.96. The molecule has 6 heteroatoms. The topological polar surface area (TPSA) is 53.3 Å². The van der Waals surface area contributed by atoms with Crippen LogP contribution in [0.1, 0.15) is 35.6 Å². The summed E-state index contributed by atoms with van der Waals surface area (Å²) in [6, 6.07) is 10.3. The second-order valence-electron chi connectivity index (χ2n) is 5.86. The molecular weight excluding hydrogens is 308 g/mol. The van der Waals surface area contributed by atoms with E-state index in [9.17, 15) is 5.11 Å². The van der Waals surface area contributed by atoms with Crippen molar-refractivity contribution < 1.29 is 5.11 Å². The van der Waals surface area contributed by atoms with Gasteiger partial charge in [-0.1, -0.05) is 6.07 Å². The average molecular weight is 330 g/mol. The van der Waals surface area contributed by atoms with Gasteiger partial charge in [0.2, 0.25) is 0 Å². The number of hydrogen-bond donors (Lipinski definition) is 2. The Bertz CT molecular complexity index is 685. The van der Waals surface area contributed by atoms with Crippen LogP contribution in [0.2, 0.25) is 0 Å². The molecular formula is C17H22N4OS. The predicted molar refractivity (Wildman–Crippen MR) is 94.0 cm³/mol. The van der Waals surface area contributed by atoms with Gasteiger partial charge in [-0.3, -0.25) is 4.98 Å². The first-order chi connectivity index (χ1) is 11.1. The van der Waals surface area contributed by atoms with Crippen molar-refractivity contribution in [2.75, 3.05) is 13.2 Å². The summed E-state index contributed by atoms with van der Waals surface area (Å²) >= 11 is 5.55. The Labute approximate surface area is 142 Å². The number of hydrogen-bond acceptors (Lipinski definition) is 3.